The molecule has 0 aliphatic heterocycles. The van der Waals surface area contributed by atoms with Gasteiger partial charge in [0.1, 0.15) is 21.3 Å². The fourth-order valence-corrected chi connectivity index (χ4v) is 3.33. The molecule has 8 heteroatoms. The molecule has 0 aliphatic carbocycles. The summed E-state index contributed by atoms with van der Waals surface area (Å²) >= 11 is 4.83. The molecule has 0 unspecified atom stereocenters. The summed E-state index contributed by atoms with van der Waals surface area (Å²) in [4.78, 5) is 3.74. The van der Waals surface area contributed by atoms with E-state index >= 15 is 0 Å². The number of rotatable bonds is 4. The minimum Gasteiger partial charge on any atom is -0.508 e. The lowest BCUT2D eigenvalue weighted by Crippen LogP contribution is -2.29. The summed E-state index contributed by atoms with van der Waals surface area (Å²) in [5.74, 6) is -0.0321. The third-order valence-corrected chi connectivity index (χ3v) is 4.85. The quantitative estimate of drug-likeness (QED) is 0.822. The van der Waals surface area contributed by atoms with E-state index in [4.69, 9.17) is 18.0 Å². The number of nitrogens with zero attached hydrogens (tertiary/aromatic N) is 2. The van der Waals surface area contributed by atoms with Crippen LogP contribution in [0.1, 0.15) is 5.69 Å². The van der Waals surface area contributed by atoms with E-state index in [0.717, 1.165) is 4.31 Å². The number of aromatic hydroxyl groups is 1. The minimum atomic E-state index is -3.89. The largest absolute Gasteiger partial charge is 0.508 e. The fourth-order valence-electron chi connectivity index (χ4n) is 1.76. The Balaban J connectivity index is 2.55. The van der Waals surface area contributed by atoms with Crippen molar-refractivity contribution in [2.75, 3.05) is 11.4 Å². The third kappa shape index (κ3) is 2.96. The average Bonchev–Trinajstić information content (AvgIpc) is 2.46. The number of thiocarbonyl (C=S) groups is 1. The Morgan fingerprint density at radius 1 is 1.33 bits per heavy atom. The van der Waals surface area contributed by atoms with Crippen LogP contribution in [-0.4, -0.2) is 30.5 Å². The molecule has 0 fully saturated rings. The summed E-state index contributed by atoms with van der Waals surface area (Å²) in [7, 11) is -2.52. The number of hydrogen-bond acceptors (Lipinski definition) is 5. The summed E-state index contributed by atoms with van der Waals surface area (Å²) in [6.07, 6.45) is 1.42. The van der Waals surface area contributed by atoms with Gasteiger partial charge in [0.15, 0.2) is 0 Å². The highest BCUT2D eigenvalue weighted by Crippen LogP contribution is 2.26. The second-order valence-corrected chi connectivity index (χ2v) is 6.58. The molecular formula is C13H13N3O3S2. The van der Waals surface area contributed by atoms with Crippen LogP contribution in [0, 0.1) is 0 Å². The molecule has 1 aromatic heterocycles. The summed E-state index contributed by atoms with van der Waals surface area (Å²) in [6, 6.07) is 8.78. The van der Waals surface area contributed by atoms with Crippen LogP contribution in [0.4, 0.5) is 5.69 Å². The first kappa shape index (κ1) is 15.2. The van der Waals surface area contributed by atoms with Crippen LogP contribution in [0.15, 0.2) is 47.5 Å². The van der Waals surface area contributed by atoms with Gasteiger partial charge in [-0.05, 0) is 24.3 Å². The van der Waals surface area contributed by atoms with E-state index in [1.165, 1.54) is 37.5 Å². The Morgan fingerprint density at radius 2 is 2.05 bits per heavy atom. The number of pyridine rings is 1. The maximum absolute atomic E-state index is 12.7. The maximum atomic E-state index is 12.7. The fraction of sp³-hybridized carbons (Fsp3) is 0.0769. The van der Waals surface area contributed by atoms with Gasteiger partial charge in [-0.15, -0.1) is 0 Å². The zero-order valence-corrected chi connectivity index (χ0v) is 12.7. The molecule has 0 bridgehead atoms. The molecule has 0 spiro atoms. The number of anilines is 1. The highest BCUT2D eigenvalue weighted by atomic mass is 32.2. The Morgan fingerprint density at radius 3 is 2.67 bits per heavy atom. The van der Waals surface area contributed by atoms with Gasteiger partial charge in [-0.2, -0.15) is 0 Å². The predicted octanol–water partition coefficient (Wildman–Crippen LogP) is 1.25. The average molecular weight is 323 g/mol. The number of aromatic nitrogens is 1. The van der Waals surface area contributed by atoms with Crippen molar-refractivity contribution in [1.82, 2.24) is 4.98 Å². The van der Waals surface area contributed by atoms with Gasteiger partial charge in [0, 0.05) is 19.3 Å². The van der Waals surface area contributed by atoms with E-state index in [0.29, 0.717) is 5.69 Å². The van der Waals surface area contributed by atoms with Crippen molar-refractivity contribution in [1.29, 1.82) is 0 Å². The SMILES string of the molecule is CN(c1cccc(O)c1)S(=O)(=O)c1cccnc1C(N)=S. The molecule has 0 radical (unpaired) electrons. The van der Waals surface area contributed by atoms with E-state index in [9.17, 15) is 13.5 Å². The minimum absolute atomic E-state index is 0.0321. The predicted molar refractivity (Wildman–Crippen MR) is 83.8 cm³/mol. The first-order chi connectivity index (χ1) is 9.84. The van der Waals surface area contributed by atoms with Crippen LogP contribution in [0.5, 0.6) is 5.75 Å². The third-order valence-electron chi connectivity index (χ3n) is 2.84. The number of phenolic OH excluding ortho intramolecular Hbond substituents is 1. The Bertz CT molecular complexity index is 791. The lowest BCUT2D eigenvalue weighted by molar-refractivity contribution is 0.475. The molecule has 0 atom stereocenters. The molecule has 110 valence electrons. The normalized spacial score (nSPS) is 11.1. The molecule has 3 N–H and O–H groups in total. The number of phenols is 1. The van der Waals surface area contributed by atoms with Crippen LogP contribution in [0.25, 0.3) is 0 Å². The molecule has 2 rings (SSSR count). The standard InChI is InChI=1S/C13H13N3O3S2/c1-16(9-4-2-5-10(17)8-9)21(18,19)11-6-3-7-15-12(11)13(14)20/h2-8,17H,1H3,(H2,14,20). The van der Waals surface area contributed by atoms with Crippen molar-refractivity contribution >= 4 is 32.9 Å². The van der Waals surface area contributed by atoms with Crippen molar-refractivity contribution in [3.63, 3.8) is 0 Å². The number of benzene rings is 1. The second kappa shape index (κ2) is 5.66. The van der Waals surface area contributed by atoms with E-state index in [1.54, 1.807) is 12.1 Å². The van der Waals surface area contributed by atoms with E-state index in [2.05, 4.69) is 4.98 Å². The van der Waals surface area contributed by atoms with Gasteiger partial charge in [0.05, 0.1) is 5.69 Å². The molecular weight excluding hydrogens is 310 g/mol. The van der Waals surface area contributed by atoms with Gasteiger partial charge < -0.3 is 10.8 Å². The summed E-state index contributed by atoms with van der Waals surface area (Å²) < 4.78 is 26.3. The molecule has 1 heterocycles. The van der Waals surface area contributed by atoms with Gasteiger partial charge in [-0.25, -0.2) is 8.42 Å². The molecule has 1 aromatic carbocycles. The number of nitrogens with two attached hydrogens (primary N) is 1. The number of hydrogen-bond donors (Lipinski definition) is 2. The first-order valence-corrected chi connectivity index (χ1v) is 7.71. The van der Waals surface area contributed by atoms with Gasteiger partial charge in [0.2, 0.25) is 0 Å². The monoisotopic (exact) mass is 323 g/mol. The van der Waals surface area contributed by atoms with Crippen LogP contribution in [0.3, 0.4) is 0 Å². The van der Waals surface area contributed by atoms with Gasteiger partial charge in [-0.1, -0.05) is 18.3 Å². The zero-order valence-electron chi connectivity index (χ0n) is 11.1. The highest BCUT2D eigenvalue weighted by Gasteiger charge is 2.26. The van der Waals surface area contributed by atoms with Crippen molar-refractivity contribution in [2.24, 2.45) is 5.73 Å². The maximum Gasteiger partial charge on any atom is 0.266 e. The van der Waals surface area contributed by atoms with E-state index in [1.807, 2.05) is 0 Å². The van der Waals surface area contributed by atoms with Crippen LogP contribution >= 0.6 is 12.2 Å². The molecule has 0 aliphatic rings. The van der Waals surface area contributed by atoms with Crippen LogP contribution in [-0.2, 0) is 10.0 Å². The summed E-state index contributed by atoms with van der Waals surface area (Å²) in [5.41, 5.74) is 5.87. The van der Waals surface area contributed by atoms with Gasteiger partial charge in [-0.3, -0.25) is 9.29 Å². The van der Waals surface area contributed by atoms with Crippen LogP contribution in [0.2, 0.25) is 0 Å². The molecule has 21 heavy (non-hydrogen) atoms. The topological polar surface area (TPSA) is 96.5 Å². The number of sulfonamides is 1. The summed E-state index contributed by atoms with van der Waals surface area (Å²) in [6.45, 7) is 0. The molecule has 0 saturated carbocycles. The second-order valence-electron chi connectivity index (χ2n) is 4.21. The molecule has 2 aromatic rings. The van der Waals surface area contributed by atoms with Gasteiger partial charge >= 0.3 is 0 Å². The van der Waals surface area contributed by atoms with Crippen molar-refractivity contribution in [3.05, 3.63) is 48.3 Å². The molecule has 6 nitrogen and oxygen atoms in total. The van der Waals surface area contributed by atoms with Crippen molar-refractivity contribution in [2.45, 2.75) is 4.90 Å². The summed E-state index contributed by atoms with van der Waals surface area (Å²) in [5, 5.41) is 9.47. The lowest BCUT2D eigenvalue weighted by Gasteiger charge is -2.20. The van der Waals surface area contributed by atoms with Crippen molar-refractivity contribution in [3.8, 4) is 5.75 Å². The van der Waals surface area contributed by atoms with Crippen LogP contribution < -0.4 is 10.0 Å². The zero-order chi connectivity index (χ0) is 15.6. The van der Waals surface area contributed by atoms with E-state index < -0.39 is 10.0 Å². The van der Waals surface area contributed by atoms with E-state index in [-0.39, 0.29) is 21.3 Å². The highest BCUT2D eigenvalue weighted by molar-refractivity contribution is 7.93. The first-order valence-electron chi connectivity index (χ1n) is 5.87. The van der Waals surface area contributed by atoms with Crippen molar-refractivity contribution < 1.29 is 13.5 Å². The Kier molecular flexibility index (Phi) is 4.10. The molecule has 0 saturated heterocycles. The Labute approximate surface area is 127 Å². The smallest absolute Gasteiger partial charge is 0.266 e. The Hall–Kier alpha value is -2.19. The lowest BCUT2D eigenvalue weighted by atomic mass is 10.3. The van der Waals surface area contributed by atoms with Gasteiger partial charge in [0.25, 0.3) is 10.0 Å². The molecule has 0 amide bonds.